The molecule has 150 valence electrons. The lowest BCUT2D eigenvalue weighted by Crippen LogP contribution is -2.22. The zero-order valence-corrected chi connectivity index (χ0v) is 19.4. The molecule has 0 spiro atoms. The number of hydrogen-bond acceptors (Lipinski definition) is 3. The Morgan fingerprint density at radius 2 is 1.73 bits per heavy atom. The molecule has 1 aromatic heterocycles. The van der Waals surface area contributed by atoms with Crippen molar-refractivity contribution in [2.75, 3.05) is 19.0 Å². The molecule has 0 amide bonds. The van der Waals surface area contributed by atoms with Gasteiger partial charge in [0.05, 0.1) is 21.6 Å². The van der Waals surface area contributed by atoms with Crippen molar-refractivity contribution in [2.24, 2.45) is 0 Å². The topological polar surface area (TPSA) is 38.1 Å². The third-order valence-corrected chi connectivity index (χ3v) is 5.77. The Kier molecular flexibility index (Phi) is 5.92. The maximum absolute atomic E-state index is 13.4. The number of aromatic nitrogens is 2. The zero-order valence-electron chi connectivity index (χ0n) is 16.5. The number of nitrogens with zero attached hydrogens (tertiary/aromatic N) is 3. The van der Waals surface area contributed by atoms with Gasteiger partial charge >= 0.3 is 0 Å². The smallest absolute Gasteiger partial charge is 0.266 e. The van der Waals surface area contributed by atoms with Crippen LogP contribution in [0.2, 0.25) is 5.02 Å². The van der Waals surface area contributed by atoms with Crippen molar-refractivity contribution >= 4 is 62.9 Å². The van der Waals surface area contributed by atoms with Crippen molar-refractivity contribution in [2.45, 2.75) is 0 Å². The quantitative estimate of drug-likeness (QED) is 0.311. The van der Waals surface area contributed by atoms with Gasteiger partial charge in [0.1, 0.15) is 5.82 Å². The lowest BCUT2D eigenvalue weighted by Gasteiger charge is -2.13. The van der Waals surface area contributed by atoms with Gasteiger partial charge in [0.2, 0.25) is 0 Å². The molecular formula is C24H19ClIN3O. The Morgan fingerprint density at radius 1 is 1.00 bits per heavy atom. The summed E-state index contributed by atoms with van der Waals surface area (Å²) >= 11 is 8.63. The van der Waals surface area contributed by atoms with Gasteiger partial charge in [0.25, 0.3) is 5.56 Å². The summed E-state index contributed by atoms with van der Waals surface area (Å²) in [5, 5.41) is 1.06. The highest BCUT2D eigenvalue weighted by molar-refractivity contribution is 14.1. The highest BCUT2D eigenvalue weighted by Crippen LogP contribution is 2.23. The van der Waals surface area contributed by atoms with Crippen LogP contribution in [0.5, 0.6) is 0 Å². The van der Waals surface area contributed by atoms with Crippen molar-refractivity contribution in [3.8, 4) is 5.69 Å². The Hall–Kier alpha value is -2.64. The SMILES string of the molecule is CN(C)c1ccc(C=Cc2nc3ccc(I)cc3c(=O)n2-c2ccccc2Cl)cc1. The Balaban J connectivity index is 1.89. The molecular weight excluding hydrogens is 509 g/mol. The molecule has 4 aromatic rings. The number of hydrogen-bond donors (Lipinski definition) is 0. The largest absolute Gasteiger partial charge is 0.378 e. The van der Waals surface area contributed by atoms with Crippen LogP contribution in [0.25, 0.3) is 28.7 Å². The maximum Gasteiger partial charge on any atom is 0.266 e. The molecule has 1 heterocycles. The summed E-state index contributed by atoms with van der Waals surface area (Å²) in [6.45, 7) is 0. The fraction of sp³-hybridized carbons (Fsp3) is 0.0833. The van der Waals surface area contributed by atoms with E-state index in [0.29, 0.717) is 27.4 Å². The highest BCUT2D eigenvalue weighted by Gasteiger charge is 2.13. The Morgan fingerprint density at radius 3 is 2.43 bits per heavy atom. The minimum absolute atomic E-state index is 0.144. The first-order chi connectivity index (χ1) is 14.4. The first kappa shape index (κ1) is 20.6. The third-order valence-electron chi connectivity index (χ3n) is 4.78. The second-order valence-corrected chi connectivity index (χ2v) is 8.70. The van der Waals surface area contributed by atoms with Gasteiger partial charge in [0.15, 0.2) is 0 Å². The molecule has 4 nitrogen and oxygen atoms in total. The van der Waals surface area contributed by atoms with E-state index in [2.05, 4.69) is 39.6 Å². The van der Waals surface area contributed by atoms with Crippen molar-refractivity contribution in [1.82, 2.24) is 9.55 Å². The third kappa shape index (κ3) is 4.13. The first-order valence-corrected chi connectivity index (χ1v) is 10.8. The molecule has 3 aromatic carbocycles. The summed E-state index contributed by atoms with van der Waals surface area (Å²) in [4.78, 5) is 20.2. The summed E-state index contributed by atoms with van der Waals surface area (Å²) < 4.78 is 2.56. The van der Waals surface area contributed by atoms with Crippen LogP contribution in [0.15, 0.2) is 71.5 Å². The van der Waals surface area contributed by atoms with Crippen LogP contribution >= 0.6 is 34.2 Å². The van der Waals surface area contributed by atoms with E-state index < -0.39 is 0 Å². The molecule has 6 heteroatoms. The van der Waals surface area contributed by atoms with Gasteiger partial charge in [-0.05, 0) is 76.7 Å². The van der Waals surface area contributed by atoms with Crippen LogP contribution in [0.4, 0.5) is 5.69 Å². The predicted octanol–water partition coefficient (Wildman–Crippen LogP) is 5.88. The summed E-state index contributed by atoms with van der Waals surface area (Å²) in [6, 6.07) is 21.2. The van der Waals surface area contributed by atoms with Gasteiger partial charge < -0.3 is 4.90 Å². The van der Waals surface area contributed by atoms with E-state index in [9.17, 15) is 4.79 Å². The minimum Gasteiger partial charge on any atom is -0.378 e. The van der Waals surface area contributed by atoms with E-state index in [1.165, 1.54) is 0 Å². The summed E-state index contributed by atoms with van der Waals surface area (Å²) in [5.41, 5.74) is 3.27. The summed E-state index contributed by atoms with van der Waals surface area (Å²) in [5.74, 6) is 0.526. The van der Waals surface area contributed by atoms with Crippen LogP contribution in [-0.4, -0.2) is 23.6 Å². The average Bonchev–Trinajstić information content (AvgIpc) is 2.74. The number of benzene rings is 3. The second kappa shape index (κ2) is 8.62. The normalized spacial score (nSPS) is 11.3. The lowest BCUT2D eigenvalue weighted by atomic mass is 10.1. The predicted molar refractivity (Wildman–Crippen MR) is 135 cm³/mol. The van der Waals surface area contributed by atoms with Gasteiger partial charge in [-0.25, -0.2) is 4.98 Å². The van der Waals surface area contributed by atoms with Crippen LogP contribution in [-0.2, 0) is 0 Å². The fourth-order valence-corrected chi connectivity index (χ4v) is 3.92. The Labute approximate surface area is 193 Å². The van der Waals surface area contributed by atoms with Gasteiger partial charge in [-0.15, -0.1) is 0 Å². The molecule has 0 N–H and O–H groups in total. The van der Waals surface area contributed by atoms with E-state index >= 15 is 0 Å². The molecule has 0 saturated carbocycles. The molecule has 0 saturated heterocycles. The first-order valence-electron chi connectivity index (χ1n) is 9.37. The highest BCUT2D eigenvalue weighted by atomic mass is 127. The van der Waals surface area contributed by atoms with Crippen molar-refractivity contribution in [1.29, 1.82) is 0 Å². The van der Waals surface area contributed by atoms with E-state index in [0.717, 1.165) is 14.8 Å². The summed E-state index contributed by atoms with van der Waals surface area (Å²) in [7, 11) is 4.01. The number of rotatable bonds is 4. The van der Waals surface area contributed by atoms with Crippen molar-refractivity contribution < 1.29 is 0 Å². The standard InChI is InChI=1S/C24H19ClIN3O/c1-28(2)18-11-7-16(8-12-18)9-14-23-27-21-13-10-17(26)15-19(21)24(30)29(23)22-6-4-3-5-20(22)25/h3-15H,1-2H3. The molecule has 4 rings (SSSR count). The number of para-hydroxylation sites is 1. The van der Waals surface area contributed by atoms with E-state index in [-0.39, 0.29) is 5.56 Å². The Bertz CT molecular complexity index is 1310. The van der Waals surface area contributed by atoms with Gasteiger partial charge in [-0.2, -0.15) is 0 Å². The van der Waals surface area contributed by atoms with Gasteiger partial charge in [-0.3, -0.25) is 9.36 Å². The lowest BCUT2D eigenvalue weighted by molar-refractivity contribution is 0.944. The minimum atomic E-state index is -0.144. The molecule has 0 atom stereocenters. The number of anilines is 1. The van der Waals surface area contributed by atoms with Crippen LogP contribution < -0.4 is 10.5 Å². The molecule has 0 aliphatic carbocycles. The molecule has 0 bridgehead atoms. The molecule has 0 unspecified atom stereocenters. The van der Waals surface area contributed by atoms with Crippen LogP contribution in [0.1, 0.15) is 11.4 Å². The number of fused-ring (bicyclic) bond motifs is 1. The summed E-state index contributed by atoms with van der Waals surface area (Å²) in [6.07, 6.45) is 3.81. The molecule has 0 aliphatic heterocycles. The van der Waals surface area contributed by atoms with Crippen molar-refractivity contribution in [3.63, 3.8) is 0 Å². The van der Waals surface area contributed by atoms with Gasteiger partial charge in [0, 0.05) is 23.4 Å². The molecule has 30 heavy (non-hydrogen) atoms. The zero-order chi connectivity index (χ0) is 21.3. The number of halogens is 2. The van der Waals surface area contributed by atoms with E-state index in [4.69, 9.17) is 16.6 Å². The van der Waals surface area contributed by atoms with Gasteiger partial charge in [-0.1, -0.05) is 41.9 Å². The van der Waals surface area contributed by atoms with Crippen LogP contribution in [0.3, 0.4) is 0 Å². The maximum atomic E-state index is 13.4. The van der Waals surface area contributed by atoms with E-state index in [1.807, 2.05) is 74.8 Å². The molecule has 0 aliphatic rings. The monoisotopic (exact) mass is 527 g/mol. The van der Waals surface area contributed by atoms with Crippen LogP contribution in [0, 0.1) is 3.57 Å². The fourth-order valence-electron chi connectivity index (χ4n) is 3.21. The van der Waals surface area contributed by atoms with Crippen molar-refractivity contribution in [3.05, 3.63) is 97.1 Å². The second-order valence-electron chi connectivity index (χ2n) is 7.04. The average molecular weight is 528 g/mol. The van der Waals surface area contributed by atoms with E-state index in [1.54, 1.807) is 10.6 Å². The molecule has 0 radical (unpaired) electrons. The molecule has 0 fully saturated rings.